The summed E-state index contributed by atoms with van der Waals surface area (Å²) in [6, 6.07) is 0. The maximum atomic E-state index is 9.05. The highest BCUT2D eigenvalue weighted by Gasteiger charge is 2.16. The van der Waals surface area contributed by atoms with Crippen LogP contribution in [-0.2, 0) is 13.2 Å². The van der Waals surface area contributed by atoms with E-state index in [1.165, 1.54) is 32.1 Å². The van der Waals surface area contributed by atoms with E-state index in [4.69, 9.17) is 5.11 Å². The van der Waals surface area contributed by atoms with Gasteiger partial charge in [-0.3, -0.25) is 4.68 Å². The van der Waals surface area contributed by atoms with Gasteiger partial charge in [-0.1, -0.05) is 19.3 Å². The highest BCUT2D eigenvalue weighted by Crippen LogP contribution is 2.26. The minimum Gasteiger partial charge on any atom is -0.392 e. The Balaban J connectivity index is 2.00. The van der Waals surface area contributed by atoms with Crippen LogP contribution in [0.2, 0.25) is 0 Å². The Morgan fingerprint density at radius 3 is 2.73 bits per heavy atom. The van der Waals surface area contributed by atoms with Crippen molar-refractivity contribution >= 4 is 15.9 Å². The fourth-order valence-corrected chi connectivity index (χ4v) is 2.72. The number of hydrogen-bond acceptors (Lipinski definition) is 2. The molecule has 0 aliphatic heterocycles. The molecule has 0 radical (unpaired) electrons. The van der Waals surface area contributed by atoms with E-state index in [2.05, 4.69) is 21.0 Å². The maximum Gasteiger partial charge on any atom is 0.109 e. The molecule has 1 aromatic heterocycles. The smallest absolute Gasteiger partial charge is 0.109 e. The molecule has 84 valence electrons. The molecule has 0 spiro atoms. The van der Waals surface area contributed by atoms with Crippen molar-refractivity contribution in [2.75, 3.05) is 0 Å². The van der Waals surface area contributed by atoms with Gasteiger partial charge in [0.15, 0.2) is 0 Å². The molecular formula is C11H17BrN2O. The van der Waals surface area contributed by atoms with E-state index in [-0.39, 0.29) is 6.61 Å². The van der Waals surface area contributed by atoms with E-state index in [1.807, 2.05) is 4.68 Å². The van der Waals surface area contributed by atoms with Gasteiger partial charge in [-0.05, 0) is 34.7 Å². The van der Waals surface area contributed by atoms with Crippen molar-refractivity contribution in [3.8, 4) is 0 Å². The third-order valence-electron chi connectivity index (χ3n) is 3.17. The zero-order valence-electron chi connectivity index (χ0n) is 8.82. The lowest BCUT2D eigenvalue weighted by Crippen LogP contribution is -2.15. The normalized spacial score (nSPS) is 18.3. The van der Waals surface area contributed by atoms with Gasteiger partial charge in [-0.15, -0.1) is 0 Å². The van der Waals surface area contributed by atoms with Gasteiger partial charge in [0, 0.05) is 12.1 Å². The van der Waals surface area contributed by atoms with Crippen LogP contribution in [0.15, 0.2) is 10.8 Å². The number of halogens is 1. The molecule has 2 rings (SSSR count). The predicted molar refractivity (Wildman–Crippen MR) is 62.4 cm³/mol. The summed E-state index contributed by atoms with van der Waals surface area (Å²) in [7, 11) is 0. The van der Waals surface area contributed by atoms with Crippen LogP contribution in [0.4, 0.5) is 0 Å². The number of rotatable bonds is 3. The summed E-state index contributed by atoms with van der Waals surface area (Å²) in [6.45, 7) is 1.05. The molecule has 0 saturated heterocycles. The molecule has 3 nitrogen and oxygen atoms in total. The number of hydrogen-bond donors (Lipinski definition) is 1. The maximum absolute atomic E-state index is 9.05. The van der Waals surface area contributed by atoms with Gasteiger partial charge >= 0.3 is 0 Å². The van der Waals surface area contributed by atoms with Gasteiger partial charge < -0.3 is 5.11 Å². The third-order valence-corrected chi connectivity index (χ3v) is 4.09. The molecule has 1 aliphatic carbocycles. The zero-order chi connectivity index (χ0) is 10.7. The van der Waals surface area contributed by atoms with E-state index in [0.717, 1.165) is 22.6 Å². The Hall–Kier alpha value is -0.350. The Morgan fingerprint density at radius 1 is 1.40 bits per heavy atom. The topological polar surface area (TPSA) is 38.1 Å². The molecule has 15 heavy (non-hydrogen) atoms. The van der Waals surface area contributed by atoms with Crippen molar-refractivity contribution in [2.24, 2.45) is 5.92 Å². The van der Waals surface area contributed by atoms with Crippen molar-refractivity contribution in [1.82, 2.24) is 9.78 Å². The summed E-state index contributed by atoms with van der Waals surface area (Å²) >= 11 is 3.48. The first-order chi connectivity index (χ1) is 7.31. The SMILES string of the molecule is OCc1cnn(CC2CCCCC2)c1Br. The van der Waals surface area contributed by atoms with Crippen molar-refractivity contribution in [3.05, 3.63) is 16.4 Å². The van der Waals surface area contributed by atoms with Gasteiger partial charge in [0.05, 0.1) is 12.8 Å². The number of aliphatic hydroxyl groups is 1. The summed E-state index contributed by atoms with van der Waals surface area (Å²) in [4.78, 5) is 0. The van der Waals surface area contributed by atoms with Crippen LogP contribution in [0.5, 0.6) is 0 Å². The Morgan fingerprint density at radius 2 is 2.13 bits per heavy atom. The molecule has 0 amide bonds. The van der Waals surface area contributed by atoms with Gasteiger partial charge in [0.1, 0.15) is 4.60 Å². The molecule has 1 aromatic rings. The molecule has 1 fully saturated rings. The summed E-state index contributed by atoms with van der Waals surface area (Å²) in [5.41, 5.74) is 0.880. The minimum atomic E-state index is 0.0608. The molecule has 4 heteroatoms. The molecular weight excluding hydrogens is 256 g/mol. The minimum absolute atomic E-state index is 0.0608. The number of aromatic nitrogens is 2. The monoisotopic (exact) mass is 272 g/mol. The van der Waals surface area contributed by atoms with Crippen LogP contribution in [0, 0.1) is 5.92 Å². The highest BCUT2D eigenvalue weighted by atomic mass is 79.9. The largest absolute Gasteiger partial charge is 0.392 e. The predicted octanol–water partition coefficient (Wildman–Crippen LogP) is 2.72. The fourth-order valence-electron chi connectivity index (χ4n) is 2.26. The quantitative estimate of drug-likeness (QED) is 0.919. The van der Waals surface area contributed by atoms with Crippen LogP contribution < -0.4 is 0 Å². The Bertz CT molecular complexity index is 318. The Kier molecular flexibility index (Phi) is 3.81. The van der Waals surface area contributed by atoms with Crippen LogP contribution in [0.3, 0.4) is 0 Å². The summed E-state index contributed by atoms with van der Waals surface area (Å²) < 4.78 is 2.91. The van der Waals surface area contributed by atoms with E-state index >= 15 is 0 Å². The van der Waals surface area contributed by atoms with E-state index in [9.17, 15) is 0 Å². The first kappa shape index (κ1) is 11.1. The molecule has 0 aromatic carbocycles. The molecule has 1 aliphatic rings. The molecule has 1 saturated carbocycles. The molecule has 0 unspecified atom stereocenters. The highest BCUT2D eigenvalue weighted by molar-refractivity contribution is 9.10. The second-order valence-electron chi connectivity index (χ2n) is 4.30. The van der Waals surface area contributed by atoms with E-state index < -0.39 is 0 Å². The summed E-state index contributed by atoms with van der Waals surface area (Å²) in [5, 5.41) is 13.3. The van der Waals surface area contributed by atoms with Crippen LogP contribution in [-0.4, -0.2) is 14.9 Å². The first-order valence-electron chi connectivity index (χ1n) is 5.62. The van der Waals surface area contributed by atoms with Crippen molar-refractivity contribution in [3.63, 3.8) is 0 Å². The second-order valence-corrected chi connectivity index (χ2v) is 5.06. The molecule has 0 atom stereocenters. The summed E-state index contributed by atoms with van der Waals surface area (Å²) in [6.07, 6.45) is 8.49. The second kappa shape index (κ2) is 5.12. The first-order valence-corrected chi connectivity index (χ1v) is 6.41. The van der Waals surface area contributed by atoms with Crippen molar-refractivity contribution in [2.45, 2.75) is 45.3 Å². The summed E-state index contributed by atoms with van der Waals surface area (Å²) in [5.74, 6) is 0.765. The lowest BCUT2D eigenvalue weighted by Gasteiger charge is -2.21. The molecule has 1 N–H and O–H groups in total. The van der Waals surface area contributed by atoms with Crippen molar-refractivity contribution in [1.29, 1.82) is 0 Å². The van der Waals surface area contributed by atoms with E-state index in [0.29, 0.717) is 0 Å². The molecule has 1 heterocycles. The lowest BCUT2D eigenvalue weighted by molar-refractivity contribution is 0.279. The zero-order valence-corrected chi connectivity index (χ0v) is 10.4. The Labute approximate surface area is 98.6 Å². The van der Waals surface area contributed by atoms with Crippen molar-refractivity contribution < 1.29 is 5.11 Å². The third kappa shape index (κ3) is 2.61. The van der Waals surface area contributed by atoms with Gasteiger partial charge in [-0.25, -0.2) is 0 Å². The van der Waals surface area contributed by atoms with Crippen LogP contribution >= 0.6 is 15.9 Å². The average Bonchev–Trinajstić information content (AvgIpc) is 2.62. The average molecular weight is 273 g/mol. The number of nitrogens with zero attached hydrogens (tertiary/aromatic N) is 2. The lowest BCUT2D eigenvalue weighted by atomic mass is 9.89. The molecule has 0 bridgehead atoms. The van der Waals surface area contributed by atoms with Crippen LogP contribution in [0.1, 0.15) is 37.7 Å². The van der Waals surface area contributed by atoms with Gasteiger partial charge in [-0.2, -0.15) is 5.10 Å². The standard InChI is InChI=1S/C11H17BrN2O/c12-11-10(8-15)6-13-14(11)7-9-4-2-1-3-5-9/h6,9,15H,1-5,7-8H2. The van der Waals surface area contributed by atoms with Gasteiger partial charge in [0.25, 0.3) is 0 Å². The number of aliphatic hydroxyl groups excluding tert-OH is 1. The van der Waals surface area contributed by atoms with Gasteiger partial charge in [0.2, 0.25) is 0 Å². The van der Waals surface area contributed by atoms with Crippen LogP contribution in [0.25, 0.3) is 0 Å². The van der Waals surface area contributed by atoms with E-state index in [1.54, 1.807) is 6.20 Å². The fraction of sp³-hybridized carbons (Fsp3) is 0.727.